The van der Waals surface area contributed by atoms with Crippen LogP contribution in [-0.4, -0.2) is 66.5 Å². The number of rotatable bonds is 4. The highest BCUT2D eigenvalue weighted by Crippen LogP contribution is 2.29. The summed E-state index contributed by atoms with van der Waals surface area (Å²) in [5.74, 6) is 0.891. The lowest BCUT2D eigenvalue weighted by molar-refractivity contribution is -0.131. The molecule has 6 nitrogen and oxygen atoms in total. The molecular weight excluding hydrogens is 302 g/mol. The van der Waals surface area contributed by atoms with Crippen molar-refractivity contribution in [2.24, 2.45) is 0 Å². The minimum atomic E-state index is 0.173. The van der Waals surface area contributed by atoms with Crippen LogP contribution in [0.5, 0.6) is 0 Å². The number of hydrogen-bond donors (Lipinski definition) is 0. The molecule has 0 radical (unpaired) electrons. The van der Waals surface area contributed by atoms with Crippen LogP contribution < -0.4 is 4.90 Å². The van der Waals surface area contributed by atoms with Crippen molar-refractivity contribution in [3.8, 4) is 6.07 Å². The number of anilines is 1. The highest BCUT2D eigenvalue weighted by Gasteiger charge is 2.38. The molecule has 3 rings (SSSR count). The van der Waals surface area contributed by atoms with E-state index in [2.05, 4.69) is 27.9 Å². The van der Waals surface area contributed by atoms with E-state index in [-0.39, 0.29) is 5.91 Å². The number of amides is 1. The Morgan fingerprint density at radius 1 is 1.33 bits per heavy atom. The molecular formula is C18H25N5O. The molecule has 1 amide bonds. The molecule has 0 aromatic carbocycles. The van der Waals surface area contributed by atoms with Gasteiger partial charge in [-0.15, -0.1) is 0 Å². The predicted molar refractivity (Wildman–Crippen MR) is 92.6 cm³/mol. The first kappa shape index (κ1) is 16.7. The van der Waals surface area contributed by atoms with Crippen molar-refractivity contribution >= 4 is 11.7 Å². The number of carbonyl (C=O) groups excluding carboxylic acids is 1. The molecule has 24 heavy (non-hydrogen) atoms. The molecule has 2 atom stereocenters. The summed E-state index contributed by atoms with van der Waals surface area (Å²) in [6.45, 7) is 2.33. The van der Waals surface area contributed by atoms with Crippen LogP contribution >= 0.6 is 0 Å². The Morgan fingerprint density at radius 2 is 2.08 bits per heavy atom. The summed E-state index contributed by atoms with van der Waals surface area (Å²) in [6, 6.07) is 6.44. The summed E-state index contributed by atoms with van der Waals surface area (Å²) in [7, 11) is 4.05. The van der Waals surface area contributed by atoms with Crippen LogP contribution in [0.1, 0.15) is 31.2 Å². The molecule has 0 bridgehead atoms. The van der Waals surface area contributed by atoms with Gasteiger partial charge in [0.05, 0.1) is 12.1 Å². The van der Waals surface area contributed by atoms with E-state index in [9.17, 15) is 4.79 Å². The summed E-state index contributed by atoms with van der Waals surface area (Å²) < 4.78 is 0. The second kappa shape index (κ2) is 7.18. The van der Waals surface area contributed by atoms with Gasteiger partial charge in [-0.1, -0.05) is 0 Å². The molecule has 2 saturated heterocycles. The molecule has 1 aromatic rings. The van der Waals surface area contributed by atoms with Crippen molar-refractivity contribution in [3.63, 3.8) is 0 Å². The third-order valence-corrected chi connectivity index (χ3v) is 5.28. The van der Waals surface area contributed by atoms with Gasteiger partial charge in [-0.3, -0.25) is 4.79 Å². The number of hydrogen-bond acceptors (Lipinski definition) is 5. The van der Waals surface area contributed by atoms with E-state index in [1.54, 1.807) is 18.3 Å². The van der Waals surface area contributed by atoms with Crippen LogP contribution in [0, 0.1) is 11.3 Å². The van der Waals surface area contributed by atoms with Crippen LogP contribution in [0.15, 0.2) is 18.3 Å². The maximum absolute atomic E-state index is 12.8. The molecule has 2 aliphatic heterocycles. The Labute approximate surface area is 143 Å². The molecule has 0 aliphatic carbocycles. The van der Waals surface area contributed by atoms with Crippen molar-refractivity contribution in [3.05, 3.63) is 23.9 Å². The largest absolute Gasteiger partial charge is 0.350 e. The summed E-state index contributed by atoms with van der Waals surface area (Å²) in [4.78, 5) is 23.4. The first-order valence-corrected chi connectivity index (χ1v) is 8.67. The Hall–Kier alpha value is -2.13. The lowest BCUT2D eigenvalue weighted by Gasteiger charge is -2.34. The number of likely N-dealkylation sites (N-methyl/N-ethyl adjacent to an activating group) is 2. The third-order valence-electron chi connectivity index (χ3n) is 5.28. The normalized spacial score (nSPS) is 24.1. The van der Waals surface area contributed by atoms with E-state index < -0.39 is 0 Å². The van der Waals surface area contributed by atoms with E-state index in [1.165, 1.54) is 12.8 Å². The Morgan fingerprint density at radius 3 is 2.71 bits per heavy atom. The number of nitrogens with zero attached hydrogens (tertiary/aromatic N) is 5. The molecule has 0 N–H and O–H groups in total. The summed E-state index contributed by atoms with van der Waals surface area (Å²) in [6.07, 6.45) is 6.17. The van der Waals surface area contributed by atoms with E-state index >= 15 is 0 Å². The fraction of sp³-hybridized carbons (Fsp3) is 0.611. The summed E-state index contributed by atoms with van der Waals surface area (Å²) in [5.41, 5.74) is 0.530. The van der Waals surface area contributed by atoms with Gasteiger partial charge in [0, 0.05) is 31.9 Å². The minimum Gasteiger partial charge on any atom is -0.350 e. The van der Waals surface area contributed by atoms with Gasteiger partial charge in [0.1, 0.15) is 11.9 Å². The predicted octanol–water partition coefficient (Wildman–Crippen LogP) is 1.47. The number of aromatic nitrogens is 1. The van der Waals surface area contributed by atoms with E-state index in [1.807, 2.05) is 11.9 Å². The van der Waals surface area contributed by atoms with Crippen molar-refractivity contribution in [1.29, 1.82) is 5.26 Å². The van der Waals surface area contributed by atoms with Crippen LogP contribution in [0.3, 0.4) is 0 Å². The fourth-order valence-electron chi connectivity index (χ4n) is 3.98. The van der Waals surface area contributed by atoms with Crippen LogP contribution in [0.25, 0.3) is 0 Å². The van der Waals surface area contributed by atoms with Gasteiger partial charge in [0.2, 0.25) is 5.91 Å². The van der Waals surface area contributed by atoms with Gasteiger partial charge >= 0.3 is 0 Å². The molecule has 0 spiro atoms. The highest BCUT2D eigenvalue weighted by atomic mass is 16.2. The molecule has 128 valence electrons. The number of likely N-dealkylation sites (tertiary alicyclic amines) is 2. The van der Waals surface area contributed by atoms with E-state index in [0.29, 0.717) is 24.2 Å². The molecule has 3 heterocycles. The monoisotopic (exact) mass is 327 g/mol. The Bertz CT molecular complexity index is 623. The summed E-state index contributed by atoms with van der Waals surface area (Å²) >= 11 is 0. The Kier molecular flexibility index (Phi) is 5.00. The van der Waals surface area contributed by atoms with Crippen LogP contribution in [0.4, 0.5) is 5.82 Å². The second-order valence-corrected chi connectivity index (χ2v) is 6.86. The number of nitriles is 1. The van der Waals surface area contributed by atoms with Gasteiger partial charge in [0.15, 0.2) is 0 Å². The first-order valence-electron chi connectivity index (χ1n) is 8.67. The van der Waals surface area contributed by atoms with Gasteiger partial charge in [-0.2, -0.15) is 5.26 Å². The quantitative estimate of drug-likeness (QED) is 0.838. The topological polar surface area (TPSA) is 63.5 Å². The smallest absolute Gasteiger partial charge is 0.242 e. The number of pyridine rings is 1. The van der Waals surface area contributed by atoms with Crippen molar-refractivity contribution in [2.75, 3.05) is 38.6 Å². The van der Waals surface area contributed by atoms with Crippen molar-refractivity contribution in [2.45, 2.75) is 37.8 Å². The van der Waals surface area contributed by atoms with Gasteiger partial charge < -0.3 is 14.7 Å². The maximum Gasteiger partial charge on any atom is 0.242 e. The second-order valence-electron chi connectivity index (χ2n) is 6.86. The zero-order valence-electron chi connectivity index (χ0n) is 14.5. The molecule has 0 saturated carbocycles. The average molecular weight is 327 g/mol. The maximum atomic E-state index is 12.8. The van der Waals surface area contributed by atoms with Crippen molar-refractivity contribution in [1.82, 2.24) is 14.8 Å². The third kappa shape index (κ3) is 3.36. The molecule has 2 fully saturated rings. The molecule has 6 heteroatoms. The minimum absolute atomic E-state index is 0.173. The van der Waals surface area contributed by atoms with Gasteiger partial charge in [-0.25, -0.2) is 4.98 Å². The van der Waals surface area contributed by atoms with Gasteiger partial charge in [-0.05, 0) is 51.4 Å². The van der Waals surface area contributed by atoms with Gasteiger partial charge in [0.25, 0.3) is 0 Å². The molecule has 2 aliphatic rings. The fourth-order valence-corrected chi connectivity index (χ4v) is 3.98. The Balaban J connectivity index is 1.63. The van der Waals surface area contributed by atoms with Crippen molar-refractivity contribution < 1.29 is 4.79 Å². The first-order chi connectivity index (χ1) is 11.6. The molecule has 1 aromatic heterocycles. The standard InChI is InChI=1S/C18H25N5O/c1-21-9-3-5-15(21)16-6-4-10-23(16)18(24)13-22(2)17-8-7-14(11-19)12-20-17/h7-8,12,15-16H,3-6,9-10,13H2,1-2H3/t15-,16+/m1/s1. The van der Waals surface area contributed by atoms with E-state index in [4.69, 9.17) is 5.26 Å². The molecule has 0 unspecified atom stereocenters. The average Bonchev–Trinajstić information content (AvgIpc) is 3.23. The van der Waals surface area contributed by atoms with E-state index in [0.717, 1.165) is 31.7 Å². The number of carbonyl (C=O) groups is 1. The lowest BCUT2D eigenvalue weighted by atomic mass is 10.0. The van der Waals surface area contributed by atoms with Crippen LogP contribution in [0.2, 0.25) is 0 Å². The zero-order chi connectivity index (χ0) is 17.1. The lowest BCUT2D eigenvalue weighted by Crippen LogP contribution is -2.49. The van der Waals surface area contributed by atoms with Crippen LogP contribution in [-0.2, 0) is 4.79 Å². The zero-order valence-corrected chi connectivity index (χ0v) is 14.5. The summed E-state index contributed by atoms with van der Waals surface area (Å²) in [5, 5.41) is 8.84. The highest BCUT2D eigenvalue weighted by molar-refractivity contribution is 5.81. The SMILES string of the molecule is CN(CC(=O)N1CCC[C@H]1[C@H]1CCCN1C)c1ccc(C#N)cn1.